The van der Waals surface area contributed by atoms with Crippen LogP contribution in [0.15, 0.2) is 0 Å². The van der Waals surface area contributed by atoms with Crippen LogP contribution in [0, 0.1) is 5.92 Å². The van der Waals surface area contributed by atoms with Crippen LogP contribution in [0.1, 0.15) is 98.8 Å². The molecule has 0 amide bonds. The Balaban J connectivity index is 3.64. The lowest BCUT2D eigenvalue weighted by molar-refractivity contribution is 0.0706. The van der Waals surface area contributed by atoms with Gasteiger partial charge in [-0.15, -0.1) is 0 Å². The van der Waals surface area contributed by atoms with Crippen LogP contribution in [0.4, 0.5) is 0 Å². The number of hydrogen-bond acceptors (Lipinski definition) is 3. The van der Waals surface area contributed by atoms with Crippen molar-refractivity contribution < 1.29 is 13.3 Å². The zero-order valence-electron chi connectivity index (χ0n) is 17.2. The Labute approximate surface area is 153 Å². The zero-order chi connectivity index (χ0) is 18.1. The second kappa shape index (κ2) is 16.6. The molecule has 0 fully saturated rings. The molecule has 0 aromatic rings. The minimum atomic E-state index is -2.40. The molecule has 24 heavy (non-hydrogen) atoms. The average molecular weight is 361 g/mol. The highest BCUT2D eigenvalue weighted by atomic mass is 28.4. The molecule has 0 rings (SSSR count). The maximum atomic E-state index is 5.90. The Morgan fingerprint density at radius 1 is 0.583 bits per heavy atom. The third-order valence-corrected chi connectivity index (χ3v) is 7.51. The first-order valence-electron chi connectivity index (χ1n) is 10.5. The first kappa shape index (κ1) is 24.1. The summed E-state index contributed by atoms with van der Waals surface area (Å²) in [6.07, 6.45) is 13.6. The number of unbranched alkanes of at least 4 members (excludes halogenated alkanes) is 8. The van der Waals surface area contributed by atoms with Crippen LogP contribution in [-0.4, -0.2) is 28.6 Å². The summed E-state index contributed by atoms with van der Waals surface area (Å²) in [5, 5.41) is 0. The van der Waals surface area contributed by atoms with Gasteiger partial charge in [0.25, 0.3) is 0 Å². The van der Waals surface area contributed by atoms with Gasteiger partial charge in [0.15, 0.2) is 0 Å². The van der Waals surface area contributed by atoms with Crippen molar-refractivity contribution in [1.29, 1.82) is 0 Å². The lowest BCUT2D eigenvalue weighted by atomic mass is 10.0. The molecule has 0 saturated heterocycles. The van der Waals surface area contributed by atoms with E-state index in [2.05, 4.69) is 13.8 Å². The van der Waals surface area contributed by atoms with E-state index >= 15 is 0 Å². The molecule has 146 valence electrons. The van der Waals surface area contributed by atoms with Crippen molar-refractivity contribution in [3.63, 3.8) is 0 Å². The quantitative estimate of drug-likeness (QED) is 0.204. The van der Waals surface area contributed by atoms with Gasteiger partial charge in [-0.05, 0) is 33.1 Å². The Morgan fingerprint density at radius 2 is 0.958 bits per heavy atom. The van der Waals surface area contributed by atoms with E-state index < -0.39 is 8.80 Å². The van der Waals surface area contributed by atoms with E-state index in [4.69, 9.17) is 13.3 Å². The fraction of sp³-hybridized carbons (Fsp3) is 1.00. The molecule has 0 radical (unpaired) electrons. The summed E-state index contributed by atoms with van der Waals surface area (Å²) in [4.78, 5) is 0. The molecule has 3 nitrogen and oxygen atoms in total. The predicted molar refractivity (Wildman–Crippen MR) is 106 cm³/mol. The molecule has 0 spiro atoms. The maximum absolute atomic E-state index is 5.90. The SMILES string of the molecule is CCO[Si](CCCCCCCCCCCC(C)C)(OCC)OCC. The van der Waals surface area contributed by atoms with E-state index in [9.17, 15) is 0 Å². The molecule has 0 aromatic heterocycles. The second-order valence-electron chi connectivity index (χ2n) is 7.10. The van der Waals surface area contributed by atoms with Crippen LogP contribution < -0.4 is 0 Å². The molecule has 0 aromatic carbocycles. The lowest BCUT2D eigenvalue weighted by Gasteiger charge is -2.28. The molecule has 0 heterocycles. The summed E-state index contributed by atoms with van der Waals surface area (Å²) in [6, 6.07) is 0.970. The minimum absolute atomic E-state index is 0.684. The maximum Gasteiger partial charge on any atom is 0.500 e. The Hall–Kier alpha value is 0.0969. The van der Waals surface area contributed by atoms with Crippen LogP contribution in [0.2, 0.25) is 6.04 Å². The fourth-order valence-corrected chi connectivity index (χ4v) is 5.82. The molecule has 0 aliphatic rings. The van der Waals surface area contributed by atoms with E-state index in [1.54, 1.807) is 0 Å². The predicted octanol–water partition coefficient (Wildman–Crippen LogP) is 6.59. The fourth-order valence-electron chi connectivity index (χ4n) is 3.13. The summed E-state index contributed by atoms with van der Waals surface area (Å²) < 4.78 is 17.7. The molecule has 0 aliphatic heterocycles. The summed E-state index contributed by atoms with van der Waals surface area (Å²) in [7, 11) is -2.40. The van der Waals surface area contributed by atoms with Gasteiger partial charge < -0.3 is 13.3 Å². The first-order chi connectivity index (χ1) is 11.6. The van der Waals surface area contributed by atoms with Gasteiger partial charge in [0.2, 0.25) is 0 Å². The smallest absolute Gasteiger partial charge is 0.374 e. The Bertz CT molecular complexity index is 242. The summed E-state index contributed by atoms with van der Waals surface area (Å²) in [5.41, 5.74) is 0. The normalized spacial score (nSPS) is 12.2. The van der Waals surface area contributed by atoms with Crippen molar-refractivity contribution in [1.82, 2.24) is 0 Å². The Kier molecular flexibility index (Phi) is 16.6. The summed E-state index contributed by atoms with van der Waals surface area (Å²) in [5.74, 6) is 0.866. The van der Waals surface area contributed by atoms with E-state index in [1.807, 2.05) is 20.8 Å². The van der Waals surface area contributed by atoms with Gasteiger partial charge in [-0.25, -0.2) is 0 Å². The van der Waals surface area contributed by atoms with E-state index in [1.165, 1.54) is 64.2 Å². The minimum Gasteiger partial charge on any atom is -0.374 e. The third kappa shape index (κ3) is 13.4. The number of rotatable bonds is 18. The van der Waals surface area contributed by atoms with E-state index in [-0.39, 0.29) is 0 Å². The molecule has 0 saturated carbocycles. The van der Waals surface area contributed by atoms with Crippen molar-refractivity contribution >= 4 is 8.80 Å². The van der Waals surface area contributed by atoms with Crippen LogP contribution >= 0.6 is 0 Å². The molecular weight excluding hydrogens is 316 g/mol. The van der Waals surface area contributed by atoms with Crippen molar-refractivity contribution in [2.75, 3.05) is 19.8 Å². The van der Waals surface area contributed by atoms with Crippen molar-refractivity contribution in [2.24, 2.45) is 5.92 Å². The van der Waals surface area contributed by atoms with Gasteiger partial charge in [-0.1, -0.05) is 71.6 Å². The number of hydrogen-bond donors (Lipinski definition) is 0. The first-order valence-corrected chi connectivity index (χ1v) is 12.4. The highest BCUT2D eigenvalue weighted by Crippen LogP contribution is 2.21. The molecule has 0 N–H and O–H groups in total. The van der Waals surface area contributed by atoms with Gasteiger partial charge in [0.05, 0.1) is 0 Å². The highest BCUT2D eigenvalue weighted by molar-refractivity contribution is 6.60. The van der Waals surface area contributed by atoms with Crippen molar-refractivity contribution in [2.45, 2.75) is 105 Å². The lowest BCUT2D eigenvalue weighted by Crippen LogP contribution is -2.45. The molecule has 0 bridgehead atoms. The van der Waals surface area contributed by atoms with Gasteiger partial charge in [0, 0.05) is 25.9 Å². The molecular formula is C20H44O3Si. The van der Waals surface area contributed by atoms with E-state index in [0.29, 0.717) is 19.8 Å². The van der Waals surface area contributed by atoms with Crippen LogP contribution in [0.3, 0.4) is 0 Å². The standard InChI is InChI=1S/C20H44O3Si/c1-6-21-24(22-7-2,23-8-3)19-17-15-13-11-9-10-12-14-16-18-20(4)5/h20H,6-19H2,1-5H3. The summed E-state index contributed by atoms with van der Waals surface area (Å²) >= 11 is 0. The second-order valence-corrected chi connectivity index (χ2v) is 9.83. The monoisotopic (exact) mass is 360 g/mol. The molecule has 4 heteroatoms. The van der Waals surface area contributed by atoms with Gasteiger partial charge in [-0.2, -0.15) is 0 Å². The van der Waals surface area contributed by atoms with Crippen molar-refractivity contribution in [3.8, 4) is 0 Å². The highest BCUT2D eigenvalue weighted by Gasteiger charge is 2.39. The molecule has 0 unspecified atom stereocenters. The van der Waals surface area contributed by atoms with Gasteiger partial charge in [-0.3, -0.25) is 0 Å². The van der Waals surface area contributed by atoms with Crippen LogP contribution in [0.25, 0.3) is 0 Å². The summed E-state index contributed by atoms with van der Waals surface area (Å²) in [6.45, 7) is 12.8. The van der Waals surface area contributed by atoms with Crippen LogP contribution in [-0.2, 0) is 13.3 Å². The largest absolute Gasteiger partial charge is 0.500 e. The van der Waals surface area contributed by atoms with E-state index in [0.717, 1.165) is 12.0 Å². The van der Waals surface area contributed by atoms with Crippen molar-refractivity contribution in [3.05, 3.63) is 0 Å². The zero-order valence-corrected chi connectivity index (χ0v) is 18.2. The topological polar surface area (TPSA) is 27.7 Å². The molecule has 0 atom stereocenters. The van der Waals surface area contributed by atoms with Gasteiger partial charge >= 0.3 is 8.80 Å². The third-order valence-electron chi connectivity index (χ3n) is 4.36. The Morgan fingerprint density at radius 3 is 1.33 bits per heavy atom. The van der Waals surface area contributed by atoms with Gasteiger partial charge in [0.1, 0.15) is 0 Å². The average Bonchev–Trinajstić information content (AvgIpc) is 2.53. The van der Waals surface area contributed by atoms with Crippen LogP contribution in [0.5, 0.6) is 0 Å². The molecule has 0 aliphatic carbocycles.